The molecule has 3 aromatic carbocycles. The lowest BCUT2D eigenvalue weighted by atomic mass is 9.92. The summed E-state index contributed by atoms with van der Waals surface area (Å²) >= 11 is 0. The highest BCUT2D eigenvalue weighted by molar-refractivity contribution is 7.72. The van der Waals surface area contributed by atoms with E-state index in [9.17, 15) is 18.3 Å². The van der Waals surface area contributed by atoms with Crippen molar-refractivity contribution in [1.29, 1.82) is 0 Å². The Morgan fingerprint density at radius 2 is 1.11 bits per heavy atom. The molecule has 0 aliphatic carbocycles. The van der Waals surface area contributed by atoms with E-state index in [1.165, 1.54) is 31.4 Å². The molecule has 0 aliphatic heterocycles. The molecule has 0 spiro atoms. The molecule has 0 unspecified atom stereocenters. The third-order valence-electron chi connectivity index (χ3n) is 6.61. The van der Waals surface area contributed by atoms with Crippen LogP contribution in [0.3, 0.4) is 0 Å². The summed E-state index contributed by atoms with van der Waals surface area (Å²) in [6.07, 6.45) is 0. The molecular weight excluding hydrogens is 607 g/mol. The van der Waals surface area contributed by atoms with E-state index in [4.69, 9.17) is 27.8 Å². The fourth-order valence-electron chi connectivity index (χ4n) is 4.92. The molecule has 0 radical (unpaired) electrons. The fraction of sp³-hybridized carbons (Fsp3) is 0.375. The number of carbonyl (C=O) groups is 1. The quantitative estimate of drug-likeness (QED) is 0.0828. The second kappa shape index (κ2) is 16.9. The van der Waals surface area contributed by atoms with E-state index in [0.29, 0.717) is 16.8 Å². The van der Waals surface area contributed by atoms with E-state index in [-0.39, 0.29) is 32.0 Å². The zero-order valence-electron chi connectivity index (χ0n) is 25.6. The monoisotopic (exact) mass is 647 g/mol. The Kier molecular flexibility index (Phi) is 13.7. The van der Waals surface area contributed by atoms with Crippen LogP contribution in [0.4, 0.5) is 4.39 Å². The minimum absolute atomic E-state index is 0.0758. The van der Waals surface area contributed by atoms with Crippen LogP contribution < -0.4 is 0 Å². The van der Waals surface area contributed by atoms with E-state index < -0.39 is 44.3 Å². The van der Waals surface area contributed by atoms with Gasteiger partial charge in [-0.25, -0.2) is 9.18 Å². The smallest absolute Gasteiger partial charge is 0.346 e. The van der Waals surface area contributed by atoms with Gasteiger partial charge in [-0.2, -0.15) is 0 Å². The molecule has 12 heteroatoms. The Balaban J connectivity index is 2.49. The molecule has 3 rings (SSSR count). The van der Waals surface area contributed by atoms with Gasteiger partial charge in [0.25, 0.3) is 0 Å². The molecule has 0 heterocycles. The summed E-state index contributed by atoms with van der Waals surface area (Å²) in [4.78, 5) is 18.8. The number of aliphatic imine (C=N–C) groups is 1. The lowest BCUT2D eigenvalue weighted by molar-refractivity contribution is -0.142. The first-order valence-electron chi connectivity index (χ1n) is 14.5. The zero-order chi connectivity index (χ0) is 32.2. The summed E-state index contributed by atoms with van der Waals surface area (Å²) in [6, 6.07) is 22.1. The maximum Gasteiger partial charge on any atom is 0.346 e. The van der Waals surface area contributed by atoms with Crippen molar-refractivity contribution >= 4 is 26.9 Å². The summed E-state index contributed by atoms with van der Waals surface area (Å²) in [7, 11) is -7.64. The minimum Gasteiger partial charge on any atom is -0.467 e. The average Bonchev–Trinajstić information content (AvgIpc) is 3.02. The third kappa shape index (κ3) is 8.60. The number of hydrogen-bond donors (Lipinski definition) is 0. The number of ether oxygens (including phenoxy) is 1. The lowest BCUT2D eigenvalue weighted by Crippen LogP contribution is -2.38. The van der Waals surface area contributed by atoms with Crippen molar-refractivity contribution in [3.63, 3.8) is 0 Å². The number of benzene rings is 3. The summed E-state index contributed by atoms with van der Waals surface area (Å²) in [5.74, 6) is -2.72. The van der Waals surface area contributed by atoms with Crippen LogP contribution in [0, 0.1) is 5.82 Å². The van der Waals surface area contributed by atoms with Crippen LogP contribution in [0.1, 0.15) is 50.3 Å². The molecule has 0 saturated heterocycles. The Hall–Kier alpha value is -2.97. The van der Waals surface area contributed by atoms with Crippen LogP contribution in [0.25, 0.3) is 0 Å². The highest BCUT2D eigenvalue weighted by Crippen LogP contribution is 2.74. The molecule has 0 aromatic heterocycles. The van der Waals surface area contributed by atoms with Crippen molar-refractivity contribution < 1.29 is 41.1 Å². The number of halogens is 1. The van der Waals surface area contributed by atoms with E-state index in [2.05, 4.69) is 0 Å². The number of methoxy groups -OCH3 is 1. The molecule has 0 amide bonds. The first-order chi connectivity index (χ1) is 21.2. The largest absolute Gasteiger partial charge is 0.467 e. The van der Waals surface area contributed by atoms with Crippen LogP contribution in [0.5, 0.6) is 0 Å². The predicted molar refractivity (Wildman–Crippen MR) is 169 cm³/mol. The summed E-state index contributed by atoms with van der Waals surface area (Å²) in [6.45, 7) is 6.14. The molecule has 0 aliphatic rings. The number of nitrogens with zero attached hydrogens (tertiary/aromatic N) is 1. The van der Waals surface area contributed by atoms with Gasteiger partial charge < -0.3 is 22.8 Å². The molecule has 3 aromatic rings. The van der Waals surface area contributed by atoms with Crippen molar-refractivity contribution in [2.24, 2.45) is 4.99 Å². The highest BCUT2D eigenvalue weighted by Gasteiger charge is 2.58. The van der Waals surface area contributed by atoms with Gasteiger partial charge >= 0.3 is 21.2 Å². The third-order valence-corrected chi connectivity index (χ3v) is 12.7. The van der Waals surface area contributed by atoms with Gasteiger partial charge in [0.1, 0.15) is 5.82 Å². The second-order valence-electron chi connectivity index (χ2n) is 9.42. The molecule has 9 nitrogen and oxygen atoms in total. The molecular formula is C32H40FNO8P2. The van der Waals surface area contributed by atoms with Gasteiger partial charge in [-0.3, -0.25) is 14.1 Å². The maximum atomic E-state index is 14.8. The van der Waals surface area contributed by atoms with Crippen molar-refractivity contribution in [2.45, 2.75) is 45.1 Å². The van der Waals surface area contributed by atoms with Crippen molar-refractivity contribution in [3.05, 3.63) is 107 Å². The molecule has 44 heavy (non-hydrogen) atoms. The van der Waals surface area contributed by atoms with Crippen molar-refractivity contribution in [3.8, 4) is 0 Å². The van der Waals surface area contributed by atoms with Crippen LogP contribution in [-0.4, -0.2) is 56.7 Å². The number of carbonyl (C=O) groups excluding carboxylic acids is 1. The van der Waals surface area contributed by atoms with E-state index in [1.807, 2.05) is 60.7 Å². The molecule has 0 saturated carbocycles. The van der Waals surface area contributed by atoms with Gasteiger partial charge in [-0.15, -0.1) is 0 Å². The lowest BCUT2D eigenvalue weighted by Gasteiger charge is -2.38. The predicted octanol–water partition coefficient (Wildman–Crippen LogP) is 7.85. The topological polar surface area (TPSA) is 110 Å². The summed E-state index contributed by atoms with van der Waals surface area (Å²) in [5.41, 5.74) is 2.04. The first-order valence-corrected chi connectivity index (χ1v) is 17.7. The molecule has 0 fully saturated rings. The zero-order valence-corrected chi connectivity index (χ0v) is 27.4. The van der Waals surface area contributed by atoms with Gasteiger partial charge in [0.15, 0.2) is 11.4 Å². The summed E-state index contributed by atoms with van der Waals surface area (Å²) in [5, 5.41) is -1.69. The van der Waals surface area contributed by atoms with Crippen LogP contribution >= 0.6 is 15.2 Å². The van der Waals surface area contributed by atoms with Gasteiger partial charge in [-0.05, 0) is 45.4 Å². The van der Waals surface area contributed by atoms with Crippen molar-refractivity contribution in [2.75, 3.05) is 33.5 Å². The van der Waals surface area contributed by atoms with Gasteiger partial charge in [0.05, 0.1) is 39.2 Å². The van der Waals surface area contributed by atoms with Crippen LogP contribution in [-0.2, 0) is 36.8 Å². The van der Waals surface area contributed by atoms with Gasteiger partial charge in [-0.1, -0.05) is 72.8 Å². The Bertz CT molecular complexity index is 1360. The fourth-order valence-corrected chi connectivity index (χ4v) is 10.8. The molecule has 2 atom stereocenters. The Morgan fingerprint density at radius 3 is 1.48 bits per heavy atom. The Labute approximate surface area is 258 Å². The maximum absolute atomic E-state index is 14.8. The van der Waals surface area contributed by atoms with Gasteiger partial charge in [0.2, 0.25) is 0 Å². The van der Waals surface area contributed by atoms with E-state index in [0.717, 1.165) is 0 Å². The average molecular weight is 648 g/mol. The molecule has 0 N–H and O–H groups in total. The molecule has 0 bridgehead atoms. The highest BCUT2D eigenvalue weighted by atomic mass is 31.2. The van der Waals surface area contributed by atoms with Crippen LogP contribution in [0.2, 0.25) is 0 Å². The van der Waals surface area contributed by atoms with E-state index >= 15 is 0 Å². The van der Waals surface area contributed by atoms with Crippen LogP contribution in [0.15, 0.2) is 89.9 Å². The summed E-state index contributed by atoms with van der Waals surface area (Å²) < 4.78 is 72.1. The van der Waals surface area contributed by atoms with Crippen molar-refractivity contribution in [1.82, 2.24) is 0 Å². The normalized spacial score (nSPS) is 13.3. The van der Waals surface area contributed by atoms with E-state index in [1.54, 1.807) is 27.7 Å². The Morgan fingerprint density at radius 1 is 0.705 bits per heavy atom. The first kappa shape index (κ1) is 35.5. The number of esters is 1. The second-order valence-corrected chi connectivity index (χ2v) is 14.1. The van der Waals surface area contributed by atoms with Gasteiger partial charge in [0, 0.05) is 17.0 Å². The SMILES string of the molecule is CCOP(=O)(OCC)C([C@H](c1ccc(F)cc1)[C@H](N=C(c1ccccc1)c1ccccc1)C(=O)OC)P(=O)(OCC)OCC. The molecule has 238 valence electrons. The standard InChI is InChI=1S/C32H40FNO8P2/c1-6-39-43(36,40-7-2)32(44(37,41-8-3)42-9-4)28(24-20-22-27(33)23-21-24)30(31(35)38-5)34-29(25-16-12-10-13-17-25)26-18-14-11-15-19-26/h10-23,28,30,32H,6-9H2,1-5H3/t28-,30+/m1/s1. The minimum atomic E-state index is -4.42. The number of rotatable bonds is 17. The number of hydrogen-bond acceptors (Lipinski definition) is 9.